The zero-order chi connectivity index (χ0) is 36.7. The molecule has 3 fully saturated rings. The van der Waals surface area contributed by atoms with Gasteiger partial charge in [-0.1, -0.05) is 37.0 Å². The summed E-state index contributed by atoms with van der Waals surface area (Å²) in [5.74, 6) is -0.784. The van der Waals surface area contributed by atoms with Gasteiger partial charge in [-0.3, -0.25) is 14.6 Å². The number of halogens is 2. The number of carbonyl (C=O) groups is 3. The summed E-state index contributed by atoms with van der Waals surface area (Å²) in [7, 11) is 1.65. The fourth-order valence-corrected chi connectivity index (χ4v) is 7.87. The van der Waals surface area contributed by atoms with Crippen LogP contribution in [0.1, 0.15) is 90.5 Å². The molecule has 11 nitrogen and oxygen atoms in total. The van der Waals surface area contributed by atoms with Gasteiger partial charge in [-0.15, -0.1) is 0 Å². The number of aromatic nitrogens is 1. The Morgan fingerprint density at radius 2 is 1.78 bits per heavy atom. The normalized spacial score (nSPS) is 26.7. The van der Waals surface area contributed by atoms with Crippen LogP contribution in [0.2, 0.25) is 10.0 Å². The Bertz CT molecular complexity index is 1520. The third-order valence-corrected chi connectivity index (χ3v) is 11.5. The number of amides is 1. The first-order chi connectivity index (χ1) is 24.4. The molecule has 5 rings (SSSR count). The predicted octanol–water partition coefficient (Wildman–Crippen LogP) is 7.76. The number of nitrogens with zero attached hydrogens (tertiary/aromatic N) is 3. The molecule has 2 saturated heterocycles. The van der Waals surface area contributed by atoms with Crippen molar-refractivity contribution >= 4 is 46.7 Å². The lowest BCUT2D eigenvalue weighted by Gasteiger charge is -2.32. The summed E-state index contributed by atoms with van der Waals surface area (Å²) >= 11 is 13.1. The fraction of sp³-hybridized carbons (Fsp3) is 0.632. The van der Waals surface area contributed by atoms with Crippen molar-refractivity contribution in [3.63, 3.8) is 0 Å². The van der Waals surface area contributed by atoms with Crippen LogP contribution in [-0.4, -0.2) is 83.5 Å². The van der Waals surface area contributed by atoms with E-state index in [9.17, 15) is 19.5 Å². The third-order valence-electron chi connectivity index (χ3n) is 10.8. The third kappa shape index (κ3) is 9.78. The molecular weight excluding hydrogens is 697 g/mol. The van der Waals surface area contributed by atoms with Gasteiger partial charge in [0.25, 0.3) is 0 Å². The quantitative estimate of drug-likeness (QED) is 0.241. The first kappa shape index (κ1) is 38.9. The number of carbonyl (C=O) groups excluding carboxylic acids is 3. The molecule has 1 aromatic heterocycles. The van der Waals surface area contributed by atoms with Gasteiger partial charge in [-0.2, -0.15) is 0 Å². The SMILES string of the molecule is CO[C@@]1(C)CCC[C@@H](C)C(=O)OCC2OC(=O)N(CCCN(Cc3c(Cl)cncc3Cl)c3ccc(O)c(OC4CCCC4)c3)[C@@H]2[C@@H](C)C(=O)CC1. The van der Waals surface area contributed by atoms with Gasteiger partial charge < -0.3 is 33.9 Å². The number of ether oxygens (including phenoxy) is 4. The number of esters is 1. The number of phenols is 1. The van der Waals surface area contributed by atoms with Crippen LogP contribution in [-0.2, 0) is 30.3 Å². The molecule has 0 bridgehead atoms. The monoisotopic (exact) mass is 747 g/mol. The number of cyclic esters (lactones) is 1. The lowest BCUT2D eigenvalue weighted by Crippen LogP contribution is -2.47. The molecule has 0 spiro atoms. The van der Waals surface area contributed by atoms with Crippen molar-refractivity contribution in [2.75, 3.05) is 31.7 Å². The molecule has 1 amide bonds. The van der Waals surface area contributed by atoms with E-state index in [0.717, 1.165) is 37.8 Å². The van der Waals surface area contributed by atoms with Crippen LogP contribution >= 0.6 is 23.2 Å². The number of methoxy groups -OCH3 is 1. The number of hydrogen-bond acceptors (Lipinski definition) is 10. The lowest BCUT2D eigenvalue weighted by atomic mass is 9.85. The molecular formula is C38H51Cl2N3O8. The summed E-state index contributed by atoms with van der Waals surface area (Å²) in [4.78, 5) is 47.8. The molecule has 1 aliphatic carbocycles. The summed E-state index contributed by atoms with van der Waals surface area (Å²) in [6.07, 6.45) is 9.27. The van der Waals surface area contributed by atoms with Gasteiger partial charge in [0.2, 0.25) is 0 Å². The summed E-state index contributed by atoms with van der Waals surface area (Å²) in [5.41, 5.74) is 0.949. The molecule has 1 saturated carbocycles. The van der Waals surface area contributed by atoms with Crippen molar-refractivity contribution in [3.8, 4) is 11.5 Å². The minimum absolute atomic E-state index is 0.00388. The highest BCUT2D eigenvalue weighted by Crippen LogP contribution is 2.37. The standard InChI is InChI=1S/C38H51Cl2N3O8/c1-24-9-7-15-38(3,48-4)16-14-31(44)25(2)35-34(23-49-36(24)46)51-37(47)43(35)18-8-17-42(22-28-29(39)20-41-21-30(28)40)26-12-13-32(45)33(19-26)50-27-10-5-6-11-27/h12-13,19-21,24-25,27,34-35,45H,5-11,14-18,22-23H2,1-4H3/t24-,25+,34?,35-,38+/m1/s1. The molecule has 280 valence electrons. The van der Waals surface area contributed by atoms with Gasteiger partial charge in [0.15, 0.2) is 17.6 Å². The maximum Gasteiger partial charge on any atom is 0.410 e. The minimum atomic E-state index is -0.790. The Hall–Kier alpha value is -3.28. The number of rotatable bonds is 10. The van der Waals surface area contributed by atoms with Crippen LogP contribution in [0.3, 0.4) is 0 Å². The van der Waals surface area contributed by atoms with Crippen molar-refractivity contribution < 1.29 is 38.4 Å². The Labute approximate surface area is 310 Å². The molecule has 3 aliphatic rings. The van der Waals surface area contributed by atoms with Crippen molar-refractivity contribution in [1.82, 2.24) is 9.88 Å². The topological polar surface area (TPSA) is 128 Å². The molecule has 1 N–H and O–H groups in total. The zero-order valence-electron chi connectivity index (χ0n) is 30.1. The number of Topliss-reactive ketones (excluding diaryl/α,β-unsaturated/α-hetero) is 1. The van der Waals surface area contributed by atoms with E-state index in [0.29, 0.717) is 66.6 Å². The van der Waals surface area contributed by atoms with Gasteiger partial charge in [0.05, 0.1) is 33.7 Å². The number of pyridine rings is 1. The number of ketones is 1. The van der Waals surface area contributed by atoms with Crippen molar-refractivity contribution in [3.05, 3.63) is 46.2 Å². The molecule has 0 radical (unpaired) electrons. The molecule has 1 unspecified atom stereocenters. The molecule has 51 heavy (non-hydrogen) atoms. The number of anilines is 1. The summed E-state index contributed by atoms with van der Waals surface area (Å²) < 4.78 is 23.5. The van der Waals surface area contributed by atoms with E-state index in [1.807, 2.05) is 32.9 Å². The summed E-state index contributed by atoms with van der Waals surface area (Å²) in [6, 6.07) is 4.62. The highest BCUT2D eigenvalue weighted by atomic mass is 35.5. The molecule has 1 aromatic carbocycles. The summed E-state index contributed by atoms with van der Waals surface area (Å²) in [5, 5.41) is 11.5. The first-order valence-corrected chi connectivity index (χ1v) is 18.9. The van der Waals surface area contributed by atoms with Gasteiger partial charge in [-0.25, -0.2) is 4.79 Å². The average molecular weight is 749 g/mol. The molecule has 3 heterocycles. The molecule has 2 aliphatic heterocycles. The highest BCUT2D eigenvalue weighted by molar-refractivity contribution is 6.35. The van der Waals surface area contributed by atoms with Crippen LogP contribution in [0, 0.1) is 11.8 Å². The number of aromatic hydroxyl groups is 1. The highest BCUT2D eigenvalue weighted by Gasteiger charge is 2.47. The molecule has 13 heteroatoms. The Balaban J connectivity index is 1.36. The van der Waals surface area contributed by atoms with Gasteiger partial charge >= 0.3 is 12.1 Å². The van der Waals surface area contributed by atoms with Crippen molar-refractivity contribution in [2.45, 2.75) is 115 Å². The van der Waals surface area contributed by atoms with Crippen molar-refractivity contribution in [2.24, 2.45) is 11.8 Å². The number of fused-ring (bicyclic) bond motifs is 1. The second-order valence-electron chi connectivity index (χ2n) is 14.5. The Morgan fingerprint density at radius 1 is 1.06 bits per heavy atom. The van der Waals surface area contributed by atoms with Gasteiger partial charge in [0.1, 0.15) is 12.4 Å². The Kier molecular flexibility index (Phi) is 13.4. The fourth-order valence-electron chi connectivity index (χ4n) is 7.39. The van der Waals surface area contributed by atoms with E-state index < -0.39 is 29.8 Å². The predicted molar refractivity (Wildman–Crippen MR) is 194 cm³/mol. The first-order valence-electron chi connectivity index (χ1n) is 18.1. The number of phenolic OH excluding ortho intramolecular Hbond substituents is 1. The Morgan fingerprint density at radius 3 is 2.49 bits per heavy atom. The van der Waals surface area contributed by atoms with Crippen molar-refractivity contribution in [1.29, 1.82) is 0 Å². The molecule has 2 aromatic rings. The number of hydrogen-bond donors (Lipinski definition) is 1. The largest absolute Gasteiger partial charge is 0.504 e. The van der Waals surface area contributed by atoms with E-state index in [2.05, 4.69) is 9.88 Å². The van der Waals surface area contributed by atoms with Crippen LogP contribution in [0.5, 0.6) is 11.5 Å². The zero-order valence-corrected chi connectivity index (χ0v) is 31.6. The smallest absolute Gasteiger partial charge is 0.410 e. The van der Waals surface area contributed by atoms with Gasteiger partial charge in [0, 0.05) is 68.8 Å². The average Bonchev–Trinajstić information content (AvgIpc) is 3.74. The lowest BCUT2D eigenvalue weighted by molar-refractivity contribution is -0.151. The van der Waals surface area contributed by atoms with Crippen LogP contribution in [0.25, 0.3) is 0 Å². The second-order valence-corrected chi connectivity index (χ2v) is 15.3. The second kappa shape index (κ2) is 17.5. The van der Waals surface area contributed by atoms with Crippen LogP contribution < -0.4 is 9.64 Å². The van der Waals surface area contributed by atoms with E-state index in [4.69, 9.17) is 42.1 Å². The van der Waals surface area contributed by atoms with E-state index in [1.54, 1.807) is 30.5 Å². The van der Waals surface area contributed by atoms with Crippen LogP contribution in [0.4, 0.5) is 10.5 Å². The van der Waals surface area contributed by atoms with Crippen LogP contribution in [0.15, 0.2) is 30.6 Å². The minimum Gasteiger partial charge on any atom is -0.504 e. The number of benzene rings is 1. The maximum atomic E-state index is 13.7. The van der Waals surface area contributed by atoms with E-state index in [-0.39, 0.29) is 42.7 Å². The van der Waals surface area contributed by atoms with Gasteiger partial charge in [-0.05, 0) is 76.8 Å². The summed E-state index contributed by atoms with van der Waals surface area (Å²) in [6.45, 7) is 6.58. The molecule has 5 atom stereocenters. The van der Waals surface area contributed by atoms with E-state index >= 15 is 0 Å². The van der Waals surface area contributed by atoms with E-state index in [1.165, 1.54) is 0 Å². The maximum absolute atomic E-state index is 13.7.